The summed E-state index contributed by atoms with van der Waals surface area (Å²) in [5.74, 6) is 2.22. The van der Waals surface area contributed by atoms with Gasteiger partial charge in [-0.25, -0.2) is 0 Å². The standard InChI is InChI=1S/C22H24N4O4/c1-22(2)14-15-6-5-8-17(20(15)29-22)28-13-12-24-18(27)9-10-19-25-21(26-30-19)16-7-3-4-11-23-16/h3-8,11H,9-10,12-14H2,1-2H3,(H,24,27). The molecule has 0 bridgehead atoms. The predicted octanol–water partition coefficient (Wildman–Crippen LogP) is 2.97. The third-order valence-electron chi connectivity index (χ3n) is 4.66. The van der Waals surface area contributed by atoms with E-state index < -0.39 is 0 Å². The van der Waals surface area contributed by atoms with Crippen molar-refractivity contribution in [1.82, 2.24) is 20.4 Å². The normalized spacial score (nSPS) is 14.1. The van der Waals surface area contributed by atoms with Crippen LogP contribution in [-0.4, -0.2) is 39.8 Å². The summed E-state index contributed by atoms with van der Waals surface area (Å²) in [6, 6.07) is 11.4. The second-order valence-corrected chi connectivity index (χ2v) is 7.71. The minimum Gasteiger partial charge on any atom is -0.488 e. The number of para-hydroxylation sites is 1. The number of hydrogen-bond donors (Lipinski definition) is 1. The van der Waals surface area contributed by atoms with Crippen molar-refractivity contribution in [2.24, 2.45) is 0 Å². The van der Waals surface area contributed by atoms with Crippen molar-refractivity contribution < 1.29 is 18.8 Å². The van der Waals surface area contributed by atoms with Gasteiger partial charge < -0.3 is 19.3 Å². The third kappa shape index (κ3) is 4.76. The highest BCUT2D eigenvalue weighted by Gasteiger charge is 2.32. The topological polar surface area (TPSA) is 99.4 Å². The van der Waals surface area contributed by atoms with Crippen molar-refractivity contribution in [3.8, 4) is 23.0 Å². The monoisotopic (exact) mass is 408 g/mol. The Morgan fingerprint density at radius 3 is 2.97 bits per heavy atom. The van der Waals surface area contributed by atoms with E-state index in [1.807, 2.05) is 24.3 Å². The number of ether oxygens (including phenoxy) is 2. The van der Waals surface area contributed by atoms with Crippen LogP contribution in [0.1, 0.15) is 31.7 Å². The van der Waals surface area contributed by atoms with Crippen LogP contribution in [-0.2, 0) is 17.6 Å². The number of nitrogens with zero attached hydrogens (tertiary/aromatic N) is 3. The number of rotatable bonds is 8. The van der Waals surface area contributed by atoms with E-state index in [9.17, 15) is 4.79 Å². The van der Waals surface area contributed by atoms with Crippen LogP contribution in [0.4, 0.5) is 0 Å². The minimum absolute atomic E-state index is 0.105. The highest BCUT2D eigenvalue weighted by molar-refractivity contribution is 5.76. The molecule has 3 heterocycles. The first-order valence-electron chi connectivity index (χ1n) is 9.94. The van der Waals surface area contributed by atoms with Crippen LogP contribution >= 0.6 is 0 Å². The van der Waals surface area contributed by atoms with E-state index in [-0.39, 0.29) is 17.9 Å². The Bertz CT molecular complexity index is 1020. The zero-order valence-electron chi connectivity index (χ0n) is 17.1. The van der Waals surface area contributed by atoms with Crippen LogP contribution in [0.5, 0.6) is 11.5 Å². The average molecular weight is 408 g/mol. The van der Waals surface area contributed by atoms with Crippen LogP contribution in [0.2, 0.25) is 0 Å². The molecule has 8 nitrogen and oxygen atoms in total. The fourth-order valence-electron chi connectivity index (χ4n) is 3.32. The molecule has 30 heavy (non-hydrogen) atoms. The van der Waals surface area contributed by atoms with Crippen LogP contribution in [0, 0.1) is 0 Å². The molecule has 156 valence electrons. The highest BCUT2D eigenvalue weighted by Crippen LogP contribution is 2.41. The fourth-order valence-corrected chi connectivity index (χ4v) is 3.32. The number of carbonyl (C=O) groups excluding carboxylic acids is 1. The van der Waals surface area contributed by atoms with Crippen molar-refractivity contribution >= 4 is 5.91 Å². The van der Waals surface area contributed by atoms with Crippen molar-refractivity contribution in [2.75, 3.05) is 13.2 Å². The Hall–Kier alpha value is -3.42. The molecule has 1 aliphatic rings. The molecule has 0 atom stereocenters. The van der Waals surface area contributed by atoms with E-state index in [4.69, 9.17) is 14.0 Å². The second-order valence-electron chi connectivity index (χ2n) is 7.71. The SMILES string of the molecule is CC1(C)Cc2cccc(OCCNC(=O)CCc3nc(-c4ccccn4)no3)c2O1. The lowest BCUT2D eigenvalue weighted by molar-refractivity contribution is -0.121. The van der Waals surface area contributed by atoms with Gasteiger partial charge >= 0.3 is 0 Å². The molecule has 1 amide bonds. The number of nitrogens with one attached hydrogen (secondary N) is 1. The number of benzene rings is 1. The number of pyridine rings is 1. The highest BCUT2D eigenvalue weighted by atomic mass is 16.5. The van der Waals surface area contributed by atoms with E-state index in [0.29, 0.717) is 42.7 Å². The molecule has 3 aromatic rings. The first-order chi connectivity index (χ1) is 14.5. The lowest BCUT2D eigenvalue weighted by Gasteiger charge is -2.18. The number of aryl methyl sites for hydroxylation is 1. The number of carbonyl (C=O) groups is 1. The van der Waals surface area contributed by atoms with Crippen molar-refractivity contribution in [3.63, 3.8) is 0 Å². The van der Waals surface area contributed by atoms with E-state index >= 15 is 0 Å². The average Bonchev–Trinajstić information content (AvgIpc) is 3.33. The van der Waals surface area contributed by atoms with Gasteiger partial charge in [0.05, 0.1) is 6.54 Å². The molecule has 1 aliphatic heterocycles. The van der Waals surface area contributed by atoms with E-state index in [1.54, 1.807) is 12.3 Å². The fraction of sp³-hybridized carbons (Fsp3) is 0.364. The summed E-state index contributed by atoms with van der Waals surface area (Å²) in [5, 5.41) is 6.74. The Morgan fingerprint density at radius 1 is 1.23 bits per heavy atom. The lowest BCUT2D eigenvalue weighted by atomic mass is 10.0. The summed E-state index contributed by atoms with van der Waals surface area (Å²) in [5.41, 5.74) is 1.56. The van der Waals surface area contributed by atoms with Gasteiger partial charge in [-0.3, -0.25) is 9.78 Å². The van der Waals surface area contributed by atoms with Gasteiger partial charge in [0.15, 0.2) is 11.5 Å². The zero-order valence-corrected chi connectivity index (χ0v) is 17.1. The van der Waals surface area contributed by atoms with Gasteiger partial charge in [-0.1, -0.05) is 23.4 Å². The molecule has 0 radical (unpaired) electrons. The molecule has 1 aromatic carbocycles. The summed E-state index contributed by atoms with van der Waals surface area (Å²) in [6.45, 7) is 4.87. The summed E-state index contributed by atoms with van der Waals surface area (Å²) in [4.78, 5) is 20.5. The Labute approximate surface area is 174 Å². The third-order valence-corrected chi connectivity index (χ3v) is 4.66. The molecule has 0 unspecified atom stereocenters. The van der Waals surface area contributed by atoms with Crippen molar-refractivity contribution in [2.45, 2.75) is 38.7 Å². The molecule has 0 saturated heterocycles. The molecular formula is C22H24N4O4. The second kappa shape index (κ2) is 8.52. The quantitative estimate of drug-likeness (QED) is 0.572. The zero-order chi connectivity index (χ0) is 21.0. The van der Waals surface area contributed by atoms with Crippen LogP contribution in [0.3, 0.4) is 0 Å². The molecule has 4 rings (SSSR count). The number of aromatic nitrogens is 3. The van der Waals surface area contributed by atoms with Gasteiger partial charge in [0, 0.05) is 31.0 Å². The van der Waals surface area contributed by atoms with Gasteiger partial charge in [-0.2, -0.15) is 4.98 Å². The number of amides is 1. The first-order valence-corrected chi connectivity index (χ1v) is 9.94. The molecular weight excluding hydrogens is 384 g/mol. The molecule has 1 N–H and O–H groups in total. The van der Waals surface area contributed by atoms with Gasteiger partial charge in [-0.05, 0) is 32.0 Å². The molecule has 0 aliphatic carbocycles. The Morgan fingerprint density at radius 2 is 2.13 bits per heavy atom. The van der Waals surface area contributed by atoms with Crippen molar-refractivity contribution in [3.05, 3.63) is 54.0 Å². The van der Waals surface area contributed by atoms with Crippen LogP contribution in [0.15, 0.2) is 47.1 Å². The maximum atomic E-state index is 12.1. The molecule has 2 aromatic heterocycles. The molecule has 8 heteroatoms. The first kappa shape index (κ1) is 19.9. The van der Waals surface area contributed by atoms with Crippen LogP contribution in [0.25, 0.3) is 11.5 Å². The summed E-state index contributed by atoms with van der Waals surface area (Å²) in [6.07, 6.45) is 3.13. The maximum absolute atomic E-state index is 12.1. The summed E-state index contributed by atoms with van der Waals surface area (Å²) < 4.78 is 17.0. The van der Waals surface area contributed by atoms with Gasteiger partial charge in [0.25, 0.3) is 0 Å². The van der Waals surface area contributed by atoms with Crippen molar-refractivity contribution in [1.29, 1.82) is 0 Å². The minimum atomic E-state index is -0.221. The summed E-state index contributed by atoms with van der Waals surface area (Å²) in [7, 11) is 0. The Kier molecular flexibility index (Phi) is 5.65. The summed E-state index contributed by atoms with van der Waals surface area (Å²) >= 11 is 0. The van der Waals surface area contributed by atoms with Crippen LogP contribution < -0.4 is 14.8 Å². The van der Waals surface area contributed by atoms with E-state index in [1.165, 1.54) is 0 Å². The van der Waals surface area contributed by atoms with E-state index in [0.717, 1.165) is 17.7 Å². The van der Waals surface area contributed by atoms with Gasteiger partial charge in [-0.15, -0.1) is 0 Å². The molecule has 0 saturated carbocycles. The number of hydrogen-bond acceptors (Lipinski definition) is 7. The predicted molar refractivity (Wildman–Crippen MR) is 109 cm³/mol. The van der Waals surface area contributed by atoms with Gasteiger partial charge in [0.2, 0.25) is 17.6 Å². The lowest BCUT2D eigenvalue weighted by Crippen LogP contribution is -2.28. The maximum Gasteiger partial charge on any atom is 0.227 e. The van der Waals surface area contributed by atoms with Gasteiger partial charge in [0.1, 0.15) is 17.9 Å². The van der Waals surface area contributed by atoms with E-state index in [2.05, 4.69) is 40.4 Å². The molecule has 0 spiro atoms. The number of fused-ring (bicyclic) bond motifs is 1. The largest absolute Gasteiger partial charge is 0.488 e. The molecule has 0 fully saturated rings. The Balaban J connectivity index is 1.20. The smallest absolute Gasteiger partial charge is 0.227 e.